The van der Waals surface area contributed by atoms with Crippen LogP contribution < -0.4 is 9.80 Å². The minimum Gasteiger partial charge on any atom is -0.378 e. The maximum atomic E-state index is 9.33. The van der Waals surface area contributed by atoms with Gasteiger partial charge in [-0.15, -0.1) is 0 Å². The molecule has 22 heavy (non-hydrogen) atoms. The minimum absolute atomic E-state index is 0.293. The van der Waals surface area contributed by atoms with Crippen molar-refractivity contribution in [2.24, 2.45) is 0 Å². The highest BCUT2D eigenvalue weighted by molar-refractivity contribution is 5.57. The van der Waals surface area contributed by atoms with Gasteiger partial charge in [0.05, 0.1) is 11.6 Å². The monoisotopic (exact) mass is 292 g/mol. The van der Waals surface area contributed by atoms with Crippen LogP contribution in [0.1, 0.15) is 30.0 Å². The highest BCUT2D eigenvalue weighted by Crippen LogP contribution is 2.37. The van der Waals surface area contributed by atoms with Gasteiger partial charge >= 0.3 is 0 Å². The summed E-state index contributed by atoms with van der Waals surface area (Å²) < 4.78 is 0. The summed E-state index contributed by atoms with van der Waals surface area (Å²) in [5.41, 5.74) is 3.14. The first-order valence-electron chi connectivity index (χ1n) is 7.60. The van der Waals surface area contributed by atoms with Crippen LogP contribution in [0.4, 0.5) is 11.5 Å². The van der Waals surface area contributed by atoms with Gasteiger partial charge in [-0.3, -0.25) is 0 Å². The Morgan fingerprint density at radius 1 is 1.27 bits per heavy atom. The summed E-state index contributed by atoms with van der Waals surface area (Å²) in [4.78, 5) is 8.84. The van der Waals surface area contributed by atoms with E-state index in [0.29, 0.717) is 11.6 Å². The second-order valence-electron chi connectivity index (χ2n) is 5.83. The largest absolute Gasteiger partial charge is 0.378 e. The van der Waals surface area contributed by atoms with E-state index in [9.17, 15) is 5.26 Å². The van der Waals surface area contributed by atoms with E-state index in [0.717, 1.165) is 25.2 Å². The standard InChI is InChI=1S/C18H20N4/c1-21(2)16-8-3-6-14(12-16)17-9-5-11-22(17)18-15(13-19)7-4-10-20-18/h3-4,6-8,10,12,17H,5,9,11H2,1-2H3. The lowest BCUT2D eigenvalue weighted by molar-refractivity contribution is 0.711. The first-order valence-corrected chi connectivity index (χ1v) is 7.60. The van der Waals surface area contributed by atoms with Crippen molar-refractivity contribution in [1.29, 1.82) is 5.26 Å². The second kappa shape index (κ2) is 6.07. The zero-order chi connectivity index (χ0) is 15.5. The van der Waals surface area contributed by atoms with E-state index in [-0.39, 0.29) is 0 Å². The van der Waals surface area contributed by atoms with E-state index in [1.165, 1.54) is 11.3 Å². The SMILES string of the molecule is CN(C)c1cccc(C2CCCN2c2ncccc2C#N)c1. The molecule has 0 saturated carbocycles. The van der Waals surface area contributed by atoms with Crippen molar-refractivity contribution in [3.8, 4) is 6.07 Å². The van der Waals surface area contributed by atoms with Crippen LogP contribution in [0, 0.1) is 11.3 Å². The molecule has 1 fully saturated rings. The summed E-state index contributed by atoms with van der Waals surface area (Å²) in [6.07, 6.45) is 3.98. The number of hydrogen-bond acceptors (Lipinski definition) is 4. The first kappa shape index (κ1) is 14.4. The normalized spacial score (nSPS) is 17.3. The van der Waals surface area contributed by atoms with Gasteiger partial charge in [0.1, 0.15) is 11.9 Å². The summed E-state index contributed by atoms with van der Waals surface area (Å²) >= 11 is 0. The molecular formula is C18H20N4. The molecule has 0 bridgehead atoms. The number of benzene rings is 1. The van der Waals surface area contributed by atoms with Gasteiger partial charge in [-0.05, 0) is 42.7 Å². The van der Waals surface area contributed by atoms with Gasteiger partial charge in [-0.25, -0.2) is 4.98 Å². The van der Waals surface area contributed by atoms with Crippen molar-refractivity contribution in [3.05, 3.63) is 53.7 Å². The number of nitrogens with zero attached hydrogens (tertiary/aromatic N) is 4. The van der Waals surface area contributed by atoms with Crippen LogP contribution in [0.25, 0.3) is 0 Å². The van der Waals surface area contributed by atoms with E-state index in [1.807, 2.05) is 12.1 Å². The average Bonchev–Trinajstić information content (AvgIpc) is 3.04. The van der Waals surface area contributed by atoms with Crippen molar-refractivity contribution in [2.75, 3.05) is 30.4 Å². The average molecular weight is 292 g/mol. The first-order chi connectivity index (χ1) is 10.7. The van der Waals surface area contributed by atoms with Crippen LogP contribution >= 0.6 is 0 Å². The molecular weight excluding hydrogens is 272 g/mol. The fourth-order valence-corrected chi connectivity index (χ4v) is 3.09. The molecule has 1 unspecified atom stereocenters. The predicted molar refractivity (Wildman–Crippen MR) is 89.0 cm³/mol. The Hall–Kier alpha value is -2.54. The van der Waals surface area contributed by atoms with Gasteiger partial charge in [-0.1, -0.05) is 12.1 Å². The maximum absolute atomic E-state index is 9.33. The van der Waals surface area contributed by atoms with E-state index in [1.54, 1.807) is 6.20 Å². The third-order valence-electron chi connectivity index (χ3n) is 4.20. The summed E-state index contributed by atoms with van der Waals surface area (Å²) in [7, 11) is 4.11. The Kier molecular flexibility index (Phi) is 3.97. The Morgan fingerprint density at radius 2 is 2.14 bits per heavy atom. The van der Waals surface area contributed by atoms with Crippen molar-refractivity contribution in [2.45, 2.75) is 18.9 Å². The molecule has 1 aromatic heterocycles. The zero-order valence-corrected chi connectivity index (χ0v) is 13.0. The smallest absolute Gasteiger partial charge is 0.146 e. The number of nitriles is 1. The summed E-state index contributed by atoms with van der Waals surface area (Å²) in [6.45, 7) is 0.947. The molecule has 2 aromatic rings. The third-order valence-corrected chi connectivity index (χ3v) is 4.20. The summed E-state index contributed by atoms with van der Waals surface area (Å²) in [5.74, 6) is 0.808. The van der Waals surface area contributed by atoms with E-state index in [2.05, 4.69) is 59.2 Å². The van der Waals surface area contributed by atoms with Crippen LogP contribution in [0.3, 0.4) is 0 Å². The molecule has 0 spiro atoms. The van der Waals surface area contributed by atoms with Gasteiger partial charge in [0.2, 0.25) is 0 Å². The molecule has 1 aliphatic rings. The van der Waals surface area contributed by atoms with E-state index < -0.39 is 0 Å². The minimum atomic E-state index is 0.293. The number of aromatic nitrogens is 1. The number of pyridine rings is 1. The van der Waals surface area contributed by atoms with Crippen molar-refractivity contribution in [3.63, 3.8) is 0 Å². The van der Waals surface area contributed by atoms with Crippen LogP contribution in [-0.2, 0) is 0 Å². The molecule has 2 heterocycles. The third kappa shape index (κ3) is 2.62. The highest BCUT2D eigenvalue weighted by Gasteiger charge is 2.28. The topological polar surface area (TPSA) is 43.2 Å². The van der Waals surface area contributed by atoms with Crippen molar-refractivity contribution in [1.82, 2.24) is 4.98 Å². The van der Waals surface area contributed by atoms with Crippen LogP contribution in [0.15, 0.2) is 42.6 Å². The Labute approximate surface area is 131 Å². The predicted octanol–water partition coefficient (Wildman–Crippen LogP) is 3.36. The summed E-state index contributed by atoms with van der Waals surface area (Å²) in [5, 5.41) is 9.33. The van der Waals surface area contributed by atoms with E-state index in [4.69, 9.17) is 0 Å². The molecule has 3 rings (SSSR count). The summed E-state index contributed by atoms with van der Waals surface area (Å²) in [6, 6.07) is 14.8. The molecule has 0 aliphatic carbocycles. The second-order valence-corrected chi connectivity index (χ2v) is 5.83. The molecule has 4 nitrogen and oxygen atoms in total. The number of hydrogen-bond donors (Lipinski definition) is 0. The Morgan fingerprint density at radius 3 is 2.91 bits per heavy atom. The number of rotatable bonds is 3. The van der Waals surface area contributed by atoms with Gasteiger partial charge in [0, 0.05) is 32.5 Å². The molecule has 1 atom stereocenters. The van der Waals surface area contributed by atoms with E-state index >= 15 is 0 Å². The van der Waals surface area contributed by atoms with Crippen molar-refractivity contribution < 1.29 is 0 Å². The molecule has 0 radical (unpaired) electrons. The number of anilines is 2. The molecule has 1 aliphatic heterocycles. The van der Waals surface area contributed by atoms with Gasteiger partial charge < -0.3 is 9.80 Å². The van der Waals surface area contributed by atoms with Crippen LogP contribution in [0.2, 0.25) is 0 Å². The maximum Gasteiger partial charge on any atom is 0.146 e. The zero-order valence-electron chi connectivity index (χ0n) is 13.0. The van der Waals surface area contributed by atoms with Gasteiger partial charge in [0.25, 0.3) is 0 Å². The lowest BCUT2D eigenvalue weighted by atomic mass is 10.0. The molecule has 112 valence electrons. The molecule has 0 amide bonds. The van der Waals surface area contributed by atoms with Crippen LogP contribution in [0.5, 0.6) is 0 Å². The highest BCUT2D eigenvalue weighted by atomic mass is 15.2. The molecule has 4 heteroatoms. The molecule has 0 N–H and O–H groups in total. The Bertz CT molecular complexity index is 702. The lowest BCUT2D eigenvalue weighted by Crippen LogP contribution is -2.24. The lowest BCUT2D eigenvalue weighted by Gasteiger charge is -2.27. The van der Waals surface area contributed by atoms with Gasteiger partial charge in [-0.2, -0.15) is 5.26 Å². The van der Waals surface area contributed by atoms with Crippen molar-refractivity contribution >= 4 is 11.5 Å². The molecule has 1 aromatic carbocycles. The fourth-order valence-electron chi connectivity index (χ4n) is 3.09. The van der Waals surface area contributed by atoms with Crippen LogP contribution in [-0.4, -0.2) is 25.6 Å². The van der Waals surface area contributed by atoms with Gasteiger partial charge in [0.15, 0.2) is 0 Å². The Balaban J connectivity index is 1.97. The molecule has 1 saturated heterocycles. The quantitative estimate of drug-likeness (QED) is 0.870. The fraction of sp³-hybridized carbons (Fsp3) is 0.333.